The summed E-state index contributed by atoms with van der Waals surface area (Å²) >= 11 is 3.14. The van der Waals surface area contributed by atoms with Gasteiger partial charge in [0.25, 0.3) is 0 Å². The maximum Gasteiger partial charge on any atom is 0.390 e. The van der Waals surface area contributed by atoms with Crippen LogP contribution in [-0.2, 0) is 0 Å². The van der Waals surface area contributed by atoms with E-state index >= 15 is 0 Å². The van der Waals surface area contributed by atoms with Crippen LogP contribution in [0.2, 0.25) is 0 Å². The van der Waals surface area contributed by atoms with E-state index in [9.17, 15) is 13.2 Å². The minimum absolute atomic E-state index is 0.209. The fraction of sp³-hybridized carbons (Fsp3) is 0.375. The highest BCUT2D eigenvalue weighted by Gasteiger charge is 2.26. The molecule has 84 valence electrons. The number of halogens is 4. The molecule has 0 amide bonds. The van der Waals surface area contributed by atoms with Gasteiger partial charge in [-0.15, -0.1) is 0 Å². The number of anilines is 2. The number of nitrogens with one attached hydrogen (secondary N) is 1. The van der Waals surface area contributed by atoms with E-state index in [0.29, 0.717) is 16.0 Å². The highest BCUT2D eigenvalue weighted by molar-refractivity contribution is 9.10. The van der Waals surface area contributed by atoms with Gasteiger partial charge in [-0.3, -0.25) is 0 Å². The molecule has 0 bridgehead atoms. The normalized spacial score (nSPS) is 11.5. The lowest BCUT2D eigenvalue weighted by Gasteiger charge is -2.09. The monoisotopic (exact) mass is 283 g/mol. The van der Waals surface area contributed by atoms with E-state index in [1.165, 1.54) is 6.20 Å². The van der Waals surface area contributed by atoms with Crippen molar-refractivity contribution in [3.05, 3.63) is 16.7 Å². The van der Waals surface area contributed by atoms with E-state index in [1.54, 1.807) is 6.07 Å². The van der Waals surface area contributed by atoms with Crippen molar-refractivity contribution in [2.75, 3.05) is 17.6 Å². The fourth-order valence-corrected chi connectivity index (χ4v) is 1.41. The molecule has 0 fully saturated rings. The first-order chi connectivity index (χ1) is 6.88. The Balaban J connectivity index is 2.51. The summed E-state index contributed by atoms with van der Waals surface area (Å²) in [5.41, 5.74) is 5.87. The van der Waals surface area contributed by atoms with Crippen LogP contribution in [0.1, 0.15) is 6.42 Å². The predicted octanol–water partition coefficient (Wildman–Crippen LogP) is 2.79. The summed E-state index contributed by atoms with van der Waals surface area (Å²) in [5, 5.41) is 2.56. The summed E-state index contributed by atoms with van der Waals surface area (Å²) in [7, 11) is 0. The Morgan fingerprint density at radius 2 is 2.13 bits per heavy atom. The number of aromatic nitrogens is 1. The molecule has 1 rings (SSSR count). The van der Waals surface area contributed by atoms with Gasteiger partial charge in [-0.05, 0) is 22.0 Å². The molecule has 1 aromatic heterocycles. The number of nitrogens with two attached hydrogens (primary N) is 1. The third-order valence-corrected chi connectivity index (χ3v) is 2.17. The van der Waals surface area contributed by atoms with Gasteiger partial charge >= 0.3 is 6.18 Å². The standard InChI is InChI=1S/C8H9BrF3N3/c9-6-3-5(13)4-15-7(6)14-2-1-8(10,11)12/h3-4H,1-2,13H2,(H,14,15). The van der Waals surface area contributed by atoms with Gasteiger partial charge < -0.3 is 11.1 Å². The molecule has 3 N–H and O–H groups in total. The molecule has 0 saturated heterocycles. The zero-order valence-corrected chi connectivity index (χ0v) is 9.19. The highest BCUT2D eigenvalue weighted by atomic mass is 79.9. The van der Waals surface area contributed by atoms with E-state index in [4.69, 9.17) is 5.73 Å². The average molecular weight is 284 g/mol. The minimum Gasteiger partial charge on any atom is -0.397 e. The van der Waals surface area contributed by atoms with Crippen molar-refractivity contribution in [1.82, 2.24) is 4.98 Å². The second-order valence-electron chi connectivity index (χ2n) is 2.89. The zero-order chi connectivity index (χ0) is 11.5. The molecule has 1 aromatic rings. The average Bonchev–Trinajstić information content (AvgIpc) is 2.07. The second kappa shape index (κ2) is 4.69. The summed E-state index contributed by atoms with van der Waals surface area (Å²) in [6.07, 6.45) is -3.68. The molecule has 0 aliphatic heterocycles. The topological polar surface area (TPSA) is 50.9 Å². The number of hydrogen-bond acceptors (Lipinski definition) is 3. The number of rotatable bonds is 3. The molecule has 0 aliphatic carbocycles. The van der Waals surface area contributed by atoms with Crippen LogP contribution in [-0.4, -0.2) is 17.7 Å². The fourth-order valence-electron chi connectivity index (χ4n) is 0.905. The van der Waals surface area contributed by atoms with Crippen LogP contribution in [0.3, 0.4) is 0 Å². The van der Waals surface area contributed by atoms with E-state index in [2.05, 4.69) is 26.2 Å². The number of alkyl halides is 3. The summed E-state index contributed by atoms with van der Waals surface area (Å²) in [4.78, 5) is 3.85. The van der Waals surface area contributed by atoms with Crippen LogP contribution >= 0.6 is 15.9 Å². The molecule has 0 saturated carbocycles. The van der Waals surface area contributed by atoms with Crippen LogP contribution in [0.15, 0.2) is 16.7 Å². The van der Waals surface area contributed by atoms with Crippen molar-refractivity contribution < 1.29 is 13.2 Å². The second-order valence-corrected chi connectivity index (χ2v) is 3.75. The molecule has 7 heteroatoms. The first-order valence-electron chi connectivity index (χ1n) is 4.10. The molecule has 0 atom stereocenters. The molecular formula is C8H9BrF3N3. The molecule has 0 unspecified atom stereocenters. The largest absolute Gasteiger partial charge is 0.397 e. The van der Waals surface area contributed by atoms with Crippen molar-refractivity contribution in [3.8, 4) is 0 Å². The number of nitrogens with zero attached hydrogens (tertiary/aromatic N) is 1. The lowest BCUT2D eigenvalue weighted by Crippen LogP contribution is -2.15. The van der Waals surface area contributed by atoms with Gasteiger partial charge in [-0.1, -0.05) is 0 Å². The molecule has 15 heavy (non-hydrogen) atoms. The first kappa shape index (κ1) is 12.1. The molecule has 0 radical (unpaired) electrons. The number of pyridine rings is 1. The summed E-state index contributed by atoms with van der Waals surface area (Å²) in [6.45, 7) is -0.209. The maximum absolute atomic E-state index is 11.8. The Morgan fingerprint density at radius 1 is 1.47 bits per heavy atom. The lowest BCUT2D eigenvalue weighted by molar-refractivity contribution is -0.131. The van der Waals surface area contributed by atoms with Crippen LogP contribution in [0.5, 0.6) is 0 Å². The quantitative estimate of drug-likeness (QED) is 0.897. The van der Waals surface area contributed by atoms with E-state index in [0.717, 1.165) is 0 Å². The zero-order valence-electron chi connectivity index (χ0n) is 7.61. The smallest absolute Gasteiger partial charge is 0.390 e. The van der Waals surface area contributed by atoms with Crippen LogP contribution in [0.4, 0.5) is 24.7 Å². The van der Waals surface area contributed by atoms with Crippen molar-refractivity contribution in [2.24, 2.45) is 0 Å². The Kier molecular flexibility index (Phi) is 3.78. The molecule has 0 spiro atoms. The Labute approximate surface area is 93.0 Å². The van der Waals surface area contributed by atoms with Gasteiger partial charge in [0.2, 0.25) is 0 Å². The molecule has 0 aliphatic rings. The van der Waals surface area contributed by atoms with E-state index in [-0.39, 0.29) is 6.54 Å². The van der Waals surface area contributed by atoms with E-state index in [1.807, 2.05) is 0 Å². The number of hydrogen-bond donors (Lipinski definition) is 2. The third-order valence-electron chi connectivity index (χ3n) is 1.56. The van der Waals surface area contributed by atoms with Gasteiger partial charge in [0.05, 0.1) is 22.8 Å². The molecular weight excluding hydrogens is 275 g/mol. The highest BCUT2D eigenvalue weighted by Crippen LogP contribution is 2.23. The van der Waals surface area contributed by atoms with Crippen molar-refractivity contribution >= 4 is 27.4 Å². The summed E-state index contributed by atoms with van der Waals surface area (Å²) in [5.74, 6) is 0.355. The minimum atomic E-state index is -4.16. The molecule has 1 heterocycles. The van der Waals surface area contributed by atoms with Gasteiger partial charge in [0.1, 0.15) is 5.82 Å². The van der Waals surface area contributed by atoms with Crippen LogP contribution in [0.25, 0.3) is 0 Å². The lowest BCUT2D eigenvalue weighted by atomic mass is 10.4. The number of nitrogen functional groups attached to an aromatic ring is 1. The third kappa shape index (κ3) is 4.37. The Bertz CT molecular complexity index is 340. The Hall–Kier alpha value is -0.980. The van der Waals surface area contributed by atoms with Crippen molar-refractivity contribution in [1.29, 1.82) is 0 Å². The maximum atomic E-state index is 11.8. The van der Waals surface area contributed by atoms with Gasteiger partial charge in [0.15, 0.2) is 0 Å². The SMILES string of the molecule is Nc1cnc(NCCC(F)(F)F)c(Br)c1. The molecule has 0 aromatic carbocycles. The van der Waals surface area contributed by atoms with Crippen molar-refractivity contribution in [2.45, 2.75) is 12.6 Å². The Morgan fingerprint density at radius 3 is 2.67 bits per heavy atom. The predicted molar refractivity (Wildman–Crippen MR) is 55.5 cm³/mol. The summed E-state index contributed by atoms with van der Waals surface area (Å²) < 4.78 is 36.0. The van der Waals surface area contributed by atoms with Crippen LogP contribution < -0.4 is 11.1 Å². The first-order valence-corrected chi connectivity index (χ1v) is 4.89. The van der Waals surface area contributed by atoms with Gasteiger partial charge in [-0.2, -0.15) is 13.2 Å². The summed E-state index contributed by atoms with van der Waals surface area (Å²) in [6, 6.07) is 1.57. The van der Waals surface area contributed by atoms with Crippen LogP contribution in [0, 0.1) is 0 Å². The van der Waals surface area contributed by atoms with E-state index < -0.39 is 12.6 Å². The molecule has 3 nitrogen and oxygen atoms in total. The van der Waals surface area contributed by atoms with Gasteiger partial charge in [0, 0.05) is 6.54 Å². The van der Waals surface area contributed by atoms with Gasteiger partial charge in [-0.25, -0.2) is 4.98 Å². The van der Waals surface area contributed by atoms with Crippen molar-refractivity contribution in [3.63, 3.8) is 0 Å².